The standard InChI is InChI=1S/C28H41N9O3/c1-27(2,3)23(37-17-21(32-33-37)19-5-6-19)25(40)36-16-20(38)15-22(36)24(39)31-28(7-8-28)18-34-11-13-35(14-12-34)26-29-9-4-10-30-26/h4,9-10,17,19-20,22-23,38H,5-8,11-16,18H2,1-3H3,(H,31,39)/t20-,22+,23-/m1/s1. The Morgan fingerprint density at radius 1 is 1.12 bits per heavy atom. The molecule has 2 aromatic rings. The van der Waals surface area contributed by atoms with Gasteiger partial charge in [-0.1, -0.05) is 26.0 Å². The van der Waals surface area contributed by atoms with E-state index < -0.39 is 23.6 Å². The SMILES string of the molecule is CC(C)(C)[C@@H](C(=O)N1C[C@H](O)C[C@H]1C(=O)NC1(CN2CCN(c3ncccn3)CC2)CC1)n1cc(C2CC2)nn1. The van der Waals surface area contributed by atoms with Crippen LogP contribution in [-0.2, 0) is 9.59 Å². The Bertz CT molecular complexity index is 1210. The smallest absolute Gasteiger partial charge is 0.248 e. The molecule has 0 unspecified atom stereocenters. The molecule has 2 N–H and O–H groups in total. The van der Waals surface area contributed by atoms with Gasteiger partial charge in [-0.3, -0.25) is 14.5 Å². The Morgan fingerprint density at radius 2 is 1.82 bits per heavy atom. The number of β-amino-alcohol motifs (C(OH)–C–C–N with tert-alkyl or cyclic N) is 1. The summed E-state index contributed by atoms with van der Waals surface area (Å²) >= 11 is 0. The van der Waals surface area contributed by atoms with Gasteiger partial charge in [0.25, 0.3) is 0 Å². The number of carbonyl (C=O) groups excluding carboxylic acids is 2. The summed E-state index contributed by atoms with van der Waals surface area (Å²) in [5.74, 6) is 0.814. The van der Waals surface area contributed by atoms with Gasteiger partial charge >= 0.3 is 0 Å². The lowest BCUT2D eigenvalue weighted by Crippen LogP contribution is -2.56. The van der Waals surface area contributed by atoms with Crippen LogP contribution in [0.2, 0.25) is 0 Å². The summed E-state index contributed by atoms with van der Waals surface area (Å²) in [5, 5.41) is 22.5. The predicted molar refractivity (Wildman–Crippen MR) is 147 cm³/mol. The van der Waals surface area contributed by atoms with E-state index in [4.69, 9.17) is 0 Å². The van der Waals surface area contributed by atoms with Crippen LogP contribution in [0.15, 0.2) is 24.7 Å². The highest BCUT2D eigenvalue weighted by molar-refractivity contribution is 5.90. The van der Waals surface area contributed by atoms with Gasteiger partial charge in [0.2, 0.25) is 17.8 Å². The molecule has 12 heteroatoms. The summed E-state index contributed by atoms with van der Waals surface area (Å²) in [6.45, 7) is 10.3. The van der Waals surface area contributed by atoms with Gasteiger partial charge < -0.3 is 20.2 Å². The van der Waals surface area contributed by atoms with Crippen LogP contribution in [0.1, 0.15) is 70.5 Å². The largest absolute Gasteiger partial charge is 0.391 e. The van der Waals surface area contributed by atoms with Gasteiger partial charge in [-0.2, -0.15) is 0 Å². The highest BCUT2D eigenvalue weighted by atomic mass is 16.3. The normalized spacial score (nSPS) is 25.6. The van der Waals surface area contributed by atoms with Crippen LogP contribution in [0.25, 0.3) is 0 Å². The quantitative estimate of drug-likeness (QED) is 0.492. The van der Waals surface area contributed by atoms with Crippen LogP contribution in [-0.4, -0.2) is 109 Å². The zero-order valence-corrected chi connectivity index (χ0v) is 23.7. The van der Waals surface area contributed by atoms with Crippen molar-refractivity contribution in [2.24, 2.45) is 5.41 Å². The maximum atomic E-state index is 14.0. The fourth-order valence-electron chi connectivity index (χ4n) is 6.13. The van der Waals surface area contributed by atoms with E-state index >= 15 is 0 Å². The zero-order valence-electron chi connectivity index (χ0n) is 23.7. The first-order valence-corrected chi connectivity index (χ1v) is 14.6. The van der Waals surface area contributed by atoms with E-state index in [9.17, 15) is 14.7 Å². The molecule has 4 fully saturated rings. The van der Waals surface area contributed by atoms with E-state index in [1.807, 2.05) is 33.0 Å². The highest BCUT2D eigenvalue weighted by Gasteiger charge is 2.50. The Balaban J connectivity index is 1.10. The third-order valence-corrected chi connectivity index (χ3v) is 8.68. The molecule has 0 bridgehead atoms. The number of nitrogens with one attached hydrogen (secondary N) is 1. The van der Waals surface area contributed by atoms with Crippen molar-refractivity contribution < 1.29 is 14.7 Å². The van der Waals surface area contributed by atoms with Crippen LogP contribution in [0.3, 0.4) is 0 Å². The number of amides is 2. The maximum Gasteiger partial charge on any atom is 0.248 e. The van der Waals surface area contributed by atoms with Crippen molar-refractivity contribution in [1.29, 1.82) is 0 Å². The van der Waals surface area contributed by atoms with Gasteiger partial charge in [-0.25, -0.2) is 14.6 Å². The molecule has 6 rings (SSSR count). The number of piperazine rings is 1. The van der Waals surface area contributed by atoms with Crippen LogP contribution in [0.4, 0.5) is 5.95 Å². The van der Waals surface area contributed by atoms with Crippen molar-refractivity contribution in [2.45, 2.75) is 82.5 Å². The molecule has 2 amide bonds. The second kappa shape index (κ2) is 10.4. The lowest BCUT2D eigenvalue weighted by Gasteiger charge is -2.37. The van der Waals surface area contributed by atoms with Crippen molar-refractivity contribution in [3.63, 3.8) is 0 Å². The summed E-state index contributed by atoms with van der Waals surface area (Å²) in [5.41, 5.74) is 0.190. The molecule has 2 aromatic heterocycles. The van der Waals surface area contributed by atoms with Crippen LogP contribution in [0.5, 0.6) is 0 Å². The number of carbonyl (C=O) groups is 2. The van der Waals surface area contributed by atoms with Crippen LogP contribution in [0, 0.1) is 5.41 Å². The molecule has 12 nitrogen and oxygen atoms in total. The van der Waals surface area contributed by atoms with Gasteiger partial charge in [-0.15, -0.1) is 5.10 Å². The number of likely N-dealkylation sites (tertiary alicyclic amines) is 1. The number of hydrogen-bond acceptors (Lipinski definition) is 9. The first-order valence-electron chi connectivity index (χ1n) is 14.6. The van der Waals surface area contributed by atoms with E-state index in [1.165, 1.54) is 0 Å². The van der Waals surface area contributed by atoms with Crippen LogP contribution < -0.4 is 10.2 Å². The van der Waals surface area contributed by atoms with E-state index in [-0.39, 0.29) is 30.3 Å². The summed E-state index contributed by atoms with van der Waals surface area (Å²) in [4.78, 5) is 42.5. The van der Waals surface area contributed by atoms with E-state index in [0.717, 1.165) is 70.0 Å². The molecule has 0 spiro atoms. The third-order valence-electron chi connectivity index (χ3n) is 8.68. The minimum Gasteiger partial charge on any atom is -0.391 e. The average molecular weight is 552 g/mol. The van der Waals surface area contributed by atoms with Gasteiger partial charge in [0.15, 0.2) is 0 Å². The van der Waals surface area contributed by atoms with Gasteiger partial charge in [0.1, 0.15) is 12.1 Å². The fraction of sp³-hybridized carbons (Fsp3) is 0.714. The number of nitrogens with zero attached hydrogens (tertiary/aromatic N) is 8. The Morgan fingerprint density at radius 3 is 2.45 bits per heavy atom. The van der Waals surface area contributed by atoms with Crippen molar-refractivity contribution in [3.05, 3.63) is 30.4 Å². The molecule has 4 heterocycles. The molecule has 2 saturated heterocycles. The second-order valence-electron chi connectivity index (χ2n) is 13.1. The van der Waals surface area contributed by atoms with Crippen molar-refractivity contribution >= 4 is 17.8 Å². The topological polar surface area (TPSA) is 133 Å². The first-order chi connectivity index (χ1) is 19.1. The van der Waals surface area contributed by atoms with E-state index in [2.05, 4.69) is 35.4 Å². The Labute approximate surface area is 235 Å². The van der Waals surface area contributed by atoms with Crippen LogP contribution >= 0.6 is 0 Å². The van der Waals surface area contributed by atoms with Crippen molar-refractivity contribution in [3.8, 4) is 0 Å². The molecule has 4 aliphatic rings. The monoisotopic (exact) mass is 551 g/mol. The molecule has 0 radical (unpaired) electrons. The average Bonchev–Trinajstić information content (AvgIpc) is 3.82. The van der Waals surface area contributed by atoms with Crippen molar-refractivity contribution in [2.75, 3.05) is 44.2 Å². The van der Waals surface area contributed by atoms with Crippen molar-refractivity contribution in [1.82, 2.24) is 40.1 Å². The number of hydrogen-bond donors (Lipinski definition) is 2. The number of anilines is 1. The molecule has 3 atom stereocenters. The molecule has 2 saturated carbocycles. The van der Waals surface area contributed by atoms with Gasteiger partial charge in [0, 0.05) is 70.2 Å². The second-order valence-corrected chi connectivity index (χ2v) is 13.1. The molecule has 2 aliphatic heterocycles. The van der Waals surface area contributed by atoms with E-state index in [1.54, 1.807) is 22.0 Å². The minimum absolute atomic E-state index is 0.143. The summed E-state index contributed by atoms with van der Waals surface area (Å²) < 4.78 is 1.66. The Kier molecular flexibility index (Phi) is 7.02. The summed E-state index contributed by atoms with van der Waals surface area (Å²) in [6, 6.07) is 0.497. The highest BCUT2D eigenvalue weighted by Crippen LogP contribution is 2.41. The number of rotatable bonds is 8. The van der Waals surface area contributed by atoms with Gasteiger partial charge in [-0.05, 0) is 37.2 Å². The number of aliphatic hydroxyl groups is 1. The van der Waals surface area contributed by atoms with Gasteiger partial charge in [0.05, 0.1) is 17.3 Å². The number of aromatic nitrogens is 5. The maximum absolute atomic E-state index is 14.0. The number of aliphatic hydroxyl groups excluding tert-OH is 1. The molecular formula is C28H41N9O3. The lowest BCUT2D eigenvalue weighted by molar-refractivity contribution is -0.144. The minimum atomic E-state index is -0.735. The molecular weight excluding hydrogens is 510 g/mol. The molecule has 0 aromatic carbocycles. The van der Waals surface area contributed by atoms with E-state index in [0.29, 0.717) is 5.92 Å². The summed E-state index contributed by atoms with van der Waals surface area (Å²) in [7, 11) is 0. The molecule has 216 valence electrons. The predicted octanol–water partition coefficient (Wildman–Crippen LogP) is 0.966. The lowest BCUT2D eigenvalue weighted by atomic mass is 9.85. The molecule has 2 aliphatic carbocycles. The summed E-state index contributed by atoms with van der Waals surface area (Å²) in [6.07, 6.45) is 8.95. The third kappa shape index (κ3) is 5.69. The molecule has 40 heavy (non-hydrogen) atoms. The first kappa shape index (κ1) is 27.1. The Hall–Kier alpha value is -3.12. The zero-order chi connectivity index (χ0) is 28.1. The fourth-order valence-corrected chi connectivity index (χ4v) is 6.13.